The van der Waals surface area contributed by atoms with Crippen LogP contribution in [0, 0.1) is 12.8 Å². The third-order valence-corrected chi connectivity index (χ3v) is 5.52. The summed E-state index contributed by atoms with van der Waals surface area (Å²) in [6.07, 6.45) is 7.04. The van der Waals surface area contributed by atoms with Crippen LogP contribution in [0.25, 0.3) is 0 Å². The van der Waals surface area contributed by atoms with Crippen molar-refractivity contribution in [3.05, 3.63) is 42.5 Å². The molecule has 110 valence electrons. The van der Waals surface area contributed by atoms with Crippen molar-refractivity contribution < 1.29 is 8.42 Å². The van der Waals surface area contributed by atoms with Gasteiger partial charge < -0.3 is 0 Å². The molecule has 1 fully saturated rings. The second-order valence-corrected chi connectivity index (χ2v) is 7.32. The molecule has 1 aliphatic carbocycles. The van der Waals surface area contributed by atoms with Crippen LogP contribution in [0.2, 0.25) is 0 Å². The Hall–Kier alpha value is -1.13. The van der Waals surface area contributed by atoms with Gasteiger partial charge in [-0.05, 0) is 44.2 Å². The van der Waals surface area contributed by atoms with Crippen LogP contribution in [0.3, 0.4) is 0 Å². The molecule has 4 heteroatoms. The molecule has 0 saturated heterocycles. The predicted molar refractivity (Wildman–Crippen MR) is 82.1 cm³/mol. The van der Waals surface area contributed by atoms with Gasteiger partial charge in [0.25, 0.3) is 0 Å². The summed E-state index contributed by atoms with van der Waals surface area (Å²) in [5.41, 5.74) is 1.06. The molecule has 0 amide bonds. The second kappa shape index (κ2) is 6.55. The minimum absolute atomic E-state index is 0.0352. The van der Waals surface area contributed by atoms with Gasteiger partial charge in [0, 0.05) is 6.04 Å². The number of benzene rings is 1. The standard InChI is InChI=1S/C16H23NO2S/c1-3-6-14-7-4-5-8-16(14)17-20(18,19)15-11-9-13(2)10-12-15/h3,9-12,14,16-17H,1,4-8H2,2H3. The van der Waals surface area contributed by atoms with E-state index >= 15 is 0 Å². The normalized spacial score (nSPS) is 23.4. The maximum Gasteiger partial charge on any atom is 0.240 e. The highest BCUT2D eigenvalue weighted by Gasteiger charge is 2.28. The maximum atomic E-state index is 12.4. The van der Waals surface area contributed by atoms with Crippen molar-refractivity contribution in [3.63, 3.8) is 0 Å². The van der Waals surface area contributed by atoms with Gasteiger partial charge in [0.1, 0.15) is 0 Å². The highest BCUT2D eigenvalue weighted by Crippen LogP contribution is 2.28. The zero-order valence-corrected chi connectivity index (χ0v) is 12.8. The predicted octanol–water partition coefficient (Wildman–Crippen LogP) is 3.41. The summed E-state index contributed by atoms with van der Waals surface area (Å²) in [7, 11) is -3.41. The summed E-state index contributed by atoms with van der Waals surface area (Å²) >= 11 is 0. The Morgan fingerprint density at radius 1 is 1.25 bits per heavy atom. The zero-order chi connectivity index (χ0) is 14.6. The van der Waals surface area contributed by atoms with Crippen LogP contribution in [-0.4, -0.2) is 14.5 Å². The summed E-state index contributed by atoms with van der Waals surface area (Å²) in [6.45, 7) is 5.73. The Morgan fingerprint density at radius 3 is 2.55 bits per heavy atom. The number of hydrogen-bond donors (Lipinski definition) is 1. The summed E-state index contributed by atoms with van der Waals surface area (Å²) in [6, 6.07) is 7.03. The summed E-state index contributed by atoms with van der Waals surface area (Å²) < 4.78 is 27.7. The first-order chi connectivity index (χ1) is 9.53. The lowest BCUT2D eigenvalue weighted by molar-refractivity contribution is 0.291. The molecule has 2 unspecified atom stereocenters. The van der Waals surface area contributed by atoms with E-state index in [-0.39, 0.29) is 6.04 Å². The molecule has 0 radical (unpaired) electrons. The molecule has 1 saturated carbocycles. The molecule has 1 aliphatic rings. The number of hydrogen-bond acceptors (Lipinski definition) is 2. The van der Waals surface area contributed by atoms with Crippen molar-refractivity contribution >= 4 is 10.0 Å². The van der Waals surface area contributed by atoms with Crippen LogP contribution in [0.4, 0.5) is 0 Å². The van der Waals surface area contributed by atoms with Gasteiger partial charge in [0.15, 0.2) is 0 Å². The highest BCUT2D eigenvalue weighted by atomic mass is 32.2. The molecule has 0 heterocycles. The topological polar surface area (TPSA) is 46.2 Å². The van der Waals surface area contributed by atoms with E-state index in [0.717, 1.165) is 31.2 Å². The SMILES string of the molecule is C=CCC1CCCCC1NS(=O)(=O)c1ccc(C)cc1. The fourth-order valence-electron chi connectivity index (χ4n) is 2.84. The lowest BCUT2D eigenvalue weighted by atomic mass is 9.83. The summed E-state index contributed by atoms with van der Waals surface area (Å²) in [5.74, 6) is 0.376. The Labute approximate surface area is 122 Å². The van der Waals surface area contributed by atoms with Crippen LogP contribution in [0.15, 0.2) is 41.8 Å². The van der Waals surface area contributed by atoms with Gasteiger partial charge in [0.2, 0.25) is 10.0 Å². The fraction of sp³-hybridized carbons (Fsp3) is 0.500. The van der Waals surface area contributed by atoms with Gasteiger partial charge in [0.05, 0.1) is 4.90 Å². The van der Waals surface area contributed by atoms with E-state index in [9.17, 15) is 8.42 Å². The van der Waals surface area contributed by atoms with Crippen LogP contribution in [0.1, 0.15) is 37.7 Å². The summed E-state index contributed by atoms with van der Waals surface area (Å²) in [4.78, 5) is 0.353. The molecule has 2 rings (SSSR count). The van der Waals surface area contributed by atoms with Crippen molar-refractivity contribution in [2.45, 2.75) is 50.0 Å². The van der Waals surface area contributed by atoms with Gasteiger partial charge in [-0.3, -0.25) is 0 Å². The van der Waals surface area contributed by atoms with Crippen LogP contribution < -0.4 is 4.72 Å². The molecule has 20 heavy (non-hydrogen) atoms. The third kappa shape index (κ3) is 3.70. The number of sulfonamides is 1. The van der Waals surface area contributed by atoms with E-state index < -0.39 is 10.0 Å². The number of rotatable bonds is 5. The quantitative estimate of drug-likeness (QED) is 0.846. The Morgan fingerprint density at radius 2 is 1.90 bits per heavy atom. The van der Waals surface area contributed by atoms with Gasteiger partial charge in [-0.2, -0.15) is 0 Å². The Bertz CT molecular complexity index is 548. The molecule has 1 aromatic carbocycles. The van der Waals surface area contributed by atoms with E-state index in [1.807, 2.05) is 25.1 Å². The van der Waals surface area contributed by atoms with E-state index in [1.165, 1.54) is 6.42 Å². The molecule has 3 nitrogen and oxygen atoms in total. The first-order valence-electron chi connectivity index (χ1n) is 7.23. The van der Waals surface area contributed by atoms with Crippen molar-refractivity contribution in [1.29, 1.82) is 0 Å². The second-order valence-electron chi connectivity index (χ2n) is 5.61. The van der Waals surface area contributed by atoms with Gasteiger partial charge in [-0.15, -0.1) is 6.58 Å². The minimum atomic E-state index is -3.41. The van der Waals surface area contributed by atoms with E-state index in [1.54, 1.807) is 12.1 Å². The lowest BCUT2D eigenvalue weighted by Crippen LogP contribution is -2.41. The van der Waals surface area contributed by atoms with Crippen LogP contribution >= 0.6 is 0 Å². The average Bonchev–Trinajstić information content (AvgIpc) is 2.41. The number of aryl methyl sites for hydroxylation is 1. The maximum absolute atomic E-state index is 12.4. The molecule has 0 aromatic heterocycles. The Balaban J connectivity index is 2.13. The van der Waals surface area contributed by atoms with Gasteiger partial charge >= 0.3 is 0 Å². The average molecular weight is 293 g/mol. The largest absolute Gasteiger partial charge is 0.240 e. The highest BCUT2D eigenvalue weighted by molar-refractivity contribution is 7.89. The first kappa shape index (κ1) is 15.3. The molecule has 0 spiro atoms. The molecule has 2 atom stereocenters. The molecule has 0 aliphatic heterocycles. The molecular formula is C16H23NO2S. The van der Waals surface area contributed by atoms with Crippen molar-refractivity contribution in [1.82, 2.24) is 4.72 Å². The zero-order valence-electron chi connectivity index (χ0n) is 12.0. The molecule has 1 N–H and O–H groups in total. The summed E-state index contributed by atoms with van der Waals surface area (Å²) in [5, 5.41) is 0. The van der Waals surface area contributed by atoms with Crippen molar-refractivity contribution in [3.8, 4) is 0 Å². The van der Waals surface area contributed by atoms with Crippen LogP contribution in [-0.2, 0) is 10.0 Å². The van der Waals surface area contributed by atoms with Crippen molar-refractivity contribution in [2.75, 3.05) is 0 Å². The molecular weight excluding hydrogens is 270 g/mol. The monoisotopic (exact) mass is 293 g/mol. The third-order valence-electron chi connectivity index (χ3n) is 4.02. The minimum Gasteiger partial charge on any atom is -0.208 e. The fourth-order valence-corrected chi connectivity index (χ4v) is 4.18. The van der Waals surface area contributed by atoms with E-state index in [0.29, 0.717) is 10.8 Å². The van der Waals surface area contributed by atoms with Crippen molar-refractivity contribution in [2.24, 2.45) is 5.92 Å². The molecule has 1 aromatic rings. The number of allylic oxidation sites excluding steroid dienone is 1. The van der Waals surface area contributed by atoms with Gasteiger partial charge in [-0.1, -0.05) is 36.6 Å². The molecule has 0 bridgehead atoms. The smallest absolute Gasteiger partial charge is 0.208 e. The van der Waals surface area contributed by atoms with E-state index in [4.69, 9.17) is 0 Å². The van der Waals surface area contributed by atoms with Gasteiger partial charge in [-0.25, -0.2) is 13.1 Å². The Kier molecular flexibility index (Phi) is 5.00. The lowest BCUT2D eigenvalue weighted by Gasteiger charge is -2.31. The van der Waals surface area contributed by atoms with E-state index in [2.05, 4.69) is 11.3 Å². The first-order valence-corrected chi connectivity index (χ1v) is 8.71. The number of nitrogens with one attached hydrogen (secondary N) is 1. The van der Waals surface area contributed by atoms with Crippen LogP contribution in [0.5, 0.6) is 0 Å².